The summed E-state index contributed by atoms with van der Waals surface area (Å²) in [5, 5.41) is 4.01. The summed E-state index contributed by atoms with van der Waals surface area (Å²) in [4.78, 5) is 23.9. The summed E-state index contributed by atoms with van der Waals surface area (Å²) in [6, 6.07) is 7.44. The van der Waals surface area contributed by atoms with Crippen LogP contribution in [0, 0.1) is 0 Å². The van der Waals surface area contributed by atoms with Crippen LogP contribution in [0.25, 0.3) is 0 Å². The highest BCUT2D eigenvalue weighted by molar-refractivity contribution is 6.34. The summed E-state index contributed by atoms with van der Waals surface area (Å²) in [6.07, 6.45) is -23.9. The second-order valence-electron chi connectivity index (χ2n) is 6.60. The van der Waals surface area contributed by atoms with Crippen LogP contribution in [0.4, 0.5) is 54.4 Å². The zero-order valence-corrected chi connectivity index (χ0v) is 17.7. The minimum atomic E-state index is -7.00. The molecule has 2 rings (SSSR count). The van der Waals surface area contributed by atoms with E-state index >= 15 is 0 Å². The SMILES string of the molecule is O=C(NC(=O)c1ccccc1Cl)Nc1ccc(OC(F)(F)C(F)OC(F)(F)C(F)(F)C(F)(F)F)cc1. The van der Waals surface area contributed by atoms with Crippen LogP contribution in [0.2, 0.25) is 5.02 Å². The number of rotatable bonds is 8. The zero-order chi connectivity index (χ0) is 27.5. The zero-order valence-electron chi connectivity index (χ0n) is 17.0. The molecule has 17 heteroatoms. The molecule has 0 saturated heterocycles. The number of alkyl halides is 10. The first-order chi connectivity index (χ1) is 16.4. The maximum atomic E-state index is 13.7. The van der Waals surface area contributed by atoms with E-state index in [9.17, 15) is 53.5 Å². The van der Waals surface area contributed by atoms with Crippen molar-refractivity contribution >= 4 is 29.2 Å². The molecule has 2 aromatic rings. The quantitative estimate of drug-likeness (QED) is 0.370. The highest BCUT2D eigenvalue weighted by Crippen LogP contribution is 2.48. The normalized spacial score (nSPS) is 13.6. The van der Waals surface area contributed by atoms with Gasteiger partial charge in [-0.15, -0.1) is 0 Å². The predicted molar refractivity (Wildman–Crippen MR) is 102 cm³/mol. The van der Waals surface area contributed by atoms with Gasteiger partial charge in [0, 0.05) is 5.69 Å². The van der Waals surface area contributed by atoms with Crippen LogP contribution in [-0.4, -0.2) is 42.6 Å². The monoisotopic (exact) mass is 556 g/mol. The molecule has 0 aliphatic carbocycles. The highest BCUT2D eigenvalue weighted by atomic mass is 35.5. The second-order valence-corrected chi connectivity index (χ2v) is 7.01. The van der Waals surface area contributed by atoms with E-state index in [1.165, 1.54) is 24.3 Å². The molecule has 0 radical (unpaired) electrons. The number of hydrogen-bond acceptors (Lipinski definition) is 4. The fourth-order valence-electron chi connectivity index (χ4n) is 2.23. The van der Waals surface area contributed by atoms with Crippen LogP contribution in [0.1, 0.15) is 10.4 Å². The largest absolute Gasteiger partial charge is 0.462 e. The summed E-state index contributed by atoms with van der Waals surface area (Å²) < 4.78 is 134. The third kappa shape index (κ3) is 6.69. The van der Waals surface area contributed by atoms with Gasteiger partial charge < -0.3 is 10.1 Å². The molecule has 1 atom stereocenters. The number of anilines is 1. The fourth-order valence-corrected chi connectivity index (χ4v) is 2.45. The number of halogens is 11. The number of nitrogens with one attached hydrogen (secondary N) is 2. The third-order valence-corrected chi connectivity index (χ3v) is 4.28. The molecule has 6 nitrogen and oxygen atoms in total. The van der Waals surface area contributed by atoms with Crippen molar-refractivity contribution in [2.24, 2.45) is 0 Å². The maximum Gasteiger partial charge on any atom is 0.462 e. The lowest BCUT2D eigenvalue weighted by Gasteiger charge is -2.30. The van der Waals surface area contributed by atoms with E-state index in [1.807, 2.05) is 5.32 Å². The van der Waals surface area contributed by atoms with Crippen molar-refractivity contribution in [1.29, 1.82) is 0 Å². The van der Waals surface area contributed by atoms with Crippen LogP contribution in [0.15, 0.2) is 48.5 Å². The number of amides is 3. The van der Waals surface area contributed by atoms with E-state index in [2.05, 4.69) is 14.8 Å². The van der Waals surface area contributed by atoms with Gasteiger partial charge in [-0.25, -0.2) is 9.18 Å². The molecule has 2 aromatic carbocycles. The number of urea groups is 1. The Balaban J connectivity index is 2.00. The van der Waals surface area contributed by atoms with E-state index in [0.29, 0.717) is 12.1 Å². The van der Waals surface area contributed by atoms with E-state index in [0.717, 1.165) is 12.1 Å². The summed E-state index contributed by atoms with van der Waals surface area (Å²) >= 11 is 5.80. The van der Waals surface area contributed by atoms with Crippen LogP contribution in [-0.2, 0) is 4.74 Å². The molecule has 0 spiro atoms. The Morgan fingerprint density at radius 3 is 1.94 bits per heavy atom. The molecule has 3 amide bonds. The minimum absolute atomic E-state index is 0.0280. The molecule has 0 aliphatic heterocycles. The number of carbonyl (C=O) groups excluding carboxylic acids is 2. The summed E-state index contributed by atoms with van der Waals surface area (Å²) in [7, 11) is 0. The van der Waals surface area contributed by atoms with E-state index in [4.69, 9.17) is 11.6 Å². The second kappa shape index (κ2) is 10.4. The smallest absolute Gasteiger partial charge is 0.429 e. The first kappa shape index (κ1) is 29.0. The number of imide groups is 1. The molecule has 2 N–H and O–H groups in total. The van der Waals surface area contributed by atoms with Gasteiger partial charge in [0.2, 0.25) is 0 Å². The van der Waals surface area contributed by atoms with E-state index in [1.54, 1.807) is 0 Å². The van der Waals surface area contributed by atoms with Gasteiger partial charge in [0.05, 0.1) is 10.6 Å². The Bertz CT molecular complexity index is 1100. The number of hydrogen-bond donors (Lipinski definition) is 2. The first-order valence-corrected chi connectivity index (χ1v) is 9.43. The van der Waals surface area contributed by atoms with Gasteiger partial charge in [0.15, 0.2) is 0 Å². The lowest BCUT2D eigenvalue weighted by Crippen LogP contribution is -2.56. The lowest BCUT2D eigenvalue weighted by atomic mass is 10.2. The van der Waals surface area contributed by atoms with Crippen molar-refractivity contribution in [3.8, 4) is 5.75 Å². The van der Waals surface area contributed by atoms with Gasteiger partial charge in [0.25, 0.3) is 5.91 Å². The highest BCUT2D eigenvalue weighted by Gasteiger charge is 2.76. The lowest BCUT2D eigenvalue weighted by molar-refractivity contribution is -0.460. The Morgan fingerprint density at radius 1 is 0.861 bits per heavy atom. The molecule has 36 heavy (non-hydrogen) atoms. The molecule has 0 bridgehead atoms. The summed E-state index contributed by atoms with van der Waals surface area (Å²) in [5.74, 6) is -8.91. The molecular weight excluding hydrogens is 546 g/mol. The summed E-state index contributed by atoms with van der Waals surface area (Å²) in [5.41, 5.74) is -0.221. The van der Waals surface area contributed by atoms with Crippen LogP contribution < -0.4 is 15.4 Å². The van der Waals surface area contributed by atoms with Gasteiger partial charge in [0.1, 0.15) is 5.75 Å². The Hall–Kier alpha value is -3.27. The van der Waals surface area contributed by atoms with Gasteiger partial charge in [-0.3, -0.25) is 14.8 Å². The van der Waals surface area contributed by atoms with Crippen molar-refractivity contribution < 1.29 is 63.0 Å². The van der Waals surface area contributed by atoms with Gasteiger partial charge >= 0.3 is 36.7 Å². The average Bonchev–Trinajstić information content (AvgIpc) is 2.73. The van der Waals surface area contributed by atoms with E-state index in [-0.39, 0.29) is 16.3 Å². The maximum absolute atomic E-state index is 13.7. The van der Waals surface area contributed by atoms with Crippen molar-refractivity contribution in [1.82, 2.24) is 5.32 Å². The third-order valence-electron chi connectivity index (χ3n) is 3.95. The molecule has 0 saturated carbocycles. The van der Waals surface area contributed by atoms with Crippen molar-refractivity contribution in [2.75, 3.05) is 5.32 Å². The Kier molecular flexibility index (Phi) is 8.35. The van der Waals surface area contributed by atoms with Crippen LogP contribution in [0.5, 0.6) is 5.75 Å². The molecule has 0 aromatic heterocycles. The summed E-state index contributed by atoms with van der Waals surface area (Å²) in [6.45, 7) is 0. The Labute approximate surface area is 199 Å². The molecule has 1 unspecified atom stereocenters. The molecule has 198 valence electrons. The predicted octanol–water partition coefficient (Wildman–Crippen LogP) is 6.38. The molecular formula is C19H11ClF10N2O4. The Morgan fingerprint density at radius 2 is 1.42 bits per heavy atom. The standard InChI is InChI=1S/C19H11ClF10N2O4/c20-12-4-2-1-3-11(12)13(33)32-15(34)31-9-5-7-10(8-6-9)35-16(22,23)14(21)36-19(29,30)17(24,25)18(26,27)28/h1-8,14H,(H2,31,32,33,34). The minimum Gasteiger partial charge on any atom is -0.429 e. The van der Waals surface area contributed by atoms with E-state index < -0.39 is 48.4 Å². The average molecular weight is 557 g/mol. The van der Waals surface area contributed by atoms with Gasteiger partial charge in [-0.05, 0) is 36.4 Å². The van der Waals surface area contributed by atoms with Crippen molar-refractivity contribution in [3.05, 3.63) is 59.1 Å². The van der Waals surface area contributed by atoms with Crippen molar-refractivity contribution in [2.45, 2.75) is 30.7 Å². The van der Waals surface area contributed by atoms with Crippen LogP contribution in [0.3, 0.4) is 0 Å². The van der Waals surface area contributed by atoms with Crippen molar-refractivity contribution in [3.63, 3.8) is 0 Å². The molecule has 0 heterocycles. The van der Waals surface area contributed by atoms with Gasteiger partial charge in [-0.2, -0.15) is 39.5 Å². The number of carbonyl (C=O) groups is 2. The number of benzene rings is 2. The molecule has 0 fully saturated rings. The topological polar surface area (TPSA) is 76.7 Å². The van der Waals surface area contributed by atoms with Crippen LogP contribution >= 0.6 is 11.6 Å². The number of ether oxygens (including phenoxy) is 2. The van der Waals surface area contributed by atoms with Gasteiger partial charge in [-0.1, -0.05) is 23.7 Å². The first-order valence-electron chi connectivity index (χ1n) is 9.05. The fraction of sp³-hybridized carbons (Fsp3) is 0.263. The molecule has 0 aliphatic rings.